The van der Waals surface area contributed by atoms with Crippen LogP contribution >= 0.6 is 0 Å². The standard InChI is InChI=1S/C28H30N2O3/c1-33-24-14-8-11-22(15-24)17-29-19-28(20-29)27(23-12-6-3-7-13-23)25(18-31)30(28)26(32)16-21-9-4-2-5-10-21/h2-15,25,27,31H,16-20H2,1H3/t25-,27+/m0/s1. The zero-order valence-corrected chi connectivity index (χ0v) is 18.9. The van der Waals surface area contributed by atoms with Crippen LogP contribution in [0.25, 0.3) is 0 Å². The van der Waals surface area contributed by atoms with E-state index < -0.39 is 0 Å². The lowest BCUT2D eigenvalue weighted by Crippen LogP contribution is -2.85. The van der Waals surface area contributed by atoms with Gasteiger partial charge in [-0.3, -0.25) is 9.69 Å². The average Bonchev–Trinajstić information content (AvgIpc) is 2.81. The van der Waals surface area contributed by atoms with E-state index >= 15 is 0 Å². The van der Waals surface area contributed by atoms with Crippen LogP contribution < -0.4 is 4.74 Å². The van der Waals surface area contributed by atoms with Gasteiger partial charge in [0.05, 0.1) is 31.7 Å². The summed E-state index contributed by atoms with van der Waals surface area (Å²) in [4.78, 5) is 17.8. The molecule has 2 aliphatic heterocycles. The number of hydrogen-bond acceptors (Lipinski definition) is 4. The van der Waals surface area contributed by atoms with Crippen LogP contribution in [0, 0.1) is 0 Å². The Balaban J connectivity index is 1.39. The molecule has 5 nitrogen and oxygen atoms in total. The van der Waals surface area contributed by atoms with Gasteiger partial charge < -0.3 is 14.7 Å². The molecule has 2 atom stereocenters. The normalized spacial score (nSPS) is 21.3. The highest BCUT2D eigenvalue weighted by Crippen LogP contribution is 2.54. The lowest BCUT2D eigenvalue weighted by atomic mass is 9.60. The molecule has 0 aromatic heterocycles. The summed E-state index contributed by atoms with van der Waals surface area (Å²) in [6.07, 6.45) is 0.358. The Bertz CT molecular complexity index is 1100. The summed E-state index contributed by atoms with van der Waals surface area (Å²) < 4.78 is 5.37. The second-order valence-corrected chi connectivity index (χ2v) is 9.16. The molecular weight excluding hydrogens is 412 g/mol. The lowest BCUT2D eigenvalue weighted by molar-refractivity contribution is -0.201. The summed E-state index contributed by atoms with van der Waals surface area (Å²) in [5, 5.41) is 10.3. The van der Waals surface area contributed by atoms with Crippen LogP contribution in [0.3, 0.4) is 0 Å². The molecule has 2 fully saturated rings. The molecule has 0 bridgehead atoms. The minimum atomic E-state index is -0.278. The summed E-state index contributed by atoms with van der Waals surface area (Å²) in [7, 11) is 1.68. The number of benzene rings is 3. The highest BCUT2D eigenvalue weighted by Gasteiger charge is 2.66. The van der Waals surface area contributed by atoms with Gasteiger partial charge in [-0.1, -0.05) is 72.8 Å². The van der Waals surface area contributed by atoms with E-state index in [2.05, 4.69) is 29.2 Å². The fourth-order valence-corrected chi connectivity index (χ4v) is 5.79. The van der Waals surface area contributed by atoms with Crippen LogP contribution in [0.5, 0.6) is 5.75 Å². The van der Waals surface area contributed by atoms with Crippen LogP contribution in [0.2, 0.25) is 0 Å². The maximum Gasteiger partial charge on any atom is 0.227 e. The number of ether oxygens (including phenoxy) is 1. The fraction of sp³-hybridized carbons (Fsp3) is 0.321. The Morgan fingerprint density at radius 1 is 0.970 bits per heavy atom. The number of aliphatic hydroxyl groups excluding tert-OH is 1. The number of carbonyl (C=O) groups excluding carboxylic acids is 1. The van der Waals surface area contributed by atoms with Crippen LogP contribution in [0.4, 0.5) is 0 Å². The Morgan fingerprint density at radius 3 is 2.30 bits per heavy atom. The van der Waals surface area contributed by atoms with Crippen LogP contribution in [-0.4, -0.2) is 59.2 Å². The minimum absolute atomic E-state index is 0.0300. The van der Waals surface area contributed by atoms with E-state index in [0.29, 0.717) is 6.42 Å². The molecule has 1 spiro atoms. The molecule has 0 unspecified atom stereocenters. The Labute approximate surface area is 195 Å². The summed E-state index contributed by atoms with van der Waals surface area (Å²) in [5.41, 5.74) is 3.12. The minimum Gasteiger partial charge on any atom is -0.497 e. The van der Waals surface area contributed by atoms with E-state index in [1.165, 1.54) is 11.1 Å². The molecule has 2 heterocycles. The third-order valence-corrected chi connectivity index (χ3v) is 7.12. The van der Waals surface area contributed by atoms with Crippen molar-refractivity contribution in [3.05, 3.63) is 102 Å². The van der Waals surface area contributed by atoms with Crippen LogP contribution in [-0.2, 0) is 17.8 Å². The van der Waals surface area contributed by atoms with Crippen molar-refractivity contribution >= 4 is 5.91 Å². The first-order valence-electron chi connectivity index (χ1n) is 11.5. The number of rotatable bonds is 7. The maximum atomic E-state index is 13.5. The van der Waals surface area contributed by atoms with Gasteiger partial charge in [-0.15, -0.1) is 0 Å². The second-order valence-electron chi connectivity index (χ2n) is 9.16. The summed E-state index contributed by atoms with van der Waals surface area (Å²) in [6, 6.07) is 28.1. The number of nitrogens with zero attached hydrogens (tertiary/aromatic N) is 2. The average molecular weight is 443 g/mol. The molecule has 5 rings (SSSR count). The maximum absolute atomic E-state index is 13.5. The van der Waals surface area contributed by atoms with Gasteiger partial charge in [-0.05, 0) is 28.8 Å². The molecule has 0 radical (unpaired) electrons. The van der Waals surface area contributed by atoms with Gasteiger partial charge in [-0.2, -0.15) is 0 Å². The van der Waals surface area contributed by atoms with Gasteiger partial charge in [0.15, 0.2) is 0 Å². The molecule has 33 heavy (non-hydrogen) atoms. The molecule has 2 saturated heterocycles. The molecule has 1 amide bonds. The van der Waals surface area contributed by atoms with E-state index in [1.54, 1.807) is 7.11 Å². The Hall–Kier alpha value is -3.15. The van der Waals surface area contributed by atoms with Crippen molar-refractivity contribution in [3.8, 4) is 5.75 Å². The largest absolute Gasteiger partial charge is 0.497 e. The van der Waals surface area contributed by atoms with Crippen LogP contribution in [0.15, 0.2) is 84.9 Å². The predicted molar refractivity (Wildman–Crippen MR) is 128 cm³/mol. The van der Waals surface area contributed by atoms with E-state index in [1.807, 2.05) is 65.6 Å². The van der Waals surface area contributed by atoms with Gasteiger partial charge in [0.25, 0.3) is 0 Å². The van der Waals surface area contributed by atoms with Gasteiger partial charge in [0.1, 0.15) is 5.75 Å². The third kappa shape index (κ3) is 3.92. The zero-order chi connectivity index (χ0) is 22.8. The first-order chi connectivity index (χ1) is 16.1. The highest BCUT2D eigenvalue weighted by atomic mass is 16.5. The number of likely N-dealkylation sites (tertiary alicyclic amines) is 2. The van der Waals surface area contributed by atoms with Gasteiger partial charge in [0, 0.05) is 25.6 Å². The van der Waals surface area contributed by atoms with Crippen molar-refractivity contribution in [1.29, 1.82) is 0 Å². The molecule has 1 N–H and O–H groups in total. The molecule has 3 aromatic rings. The predicted octanol–water partition coefficient (Wildman–Crippen LogP) is 3.48. The van der Waals surface area contributed by atoms with E-state index in [-0.39, 0.29) is 30.0 Å². The molecule has 0 aliphatic carbocycles. The first-order valence-corrected chi connectivity index (χ1v) is 11.5. The molecule has 3 aromatic carbocycles. The quantitative estimate of drug-likeness (QED) is 0.609. The summed E-state index contributed by atoms with van der Waals surface area (Å²) >= 11 is 0. The number of hydrogen-bond donors (Lipinski definition) is 1. The zero-order valence-electron chi connectivity index (χ0n) is 18.9. The Kier molecular flexibility index (Phi) is 5.92. The number of carbonyl (C=O) groups is 1. The molecule has 5 heteroatoms. The molecule has 2 aliphatic rings. The van der Waals surface area contributed by atoms with Crippen LogP contribution in [0.1, 0.15) is 22.6 Å². The van der Waals surface area contributed by atoms with Gasteiger partial charge >= 0.3 is 0 Å². The summed E-state index contributed by atoms with van der Waals surface area (Å²) in [6.45, 7) is 2.37. The lowest BCUT2D eigenvalue weighted by Gasteiger charge is -2.70. The van der Waals surface area contributed by atoms with Crippen molar-refractivity contribution in [2.24, 2.45) is 0 Å². The van der Waals surface area contributed by atoms with Gasteiger partial charge in [-0.25, -0.2) is 0 Å². The number of amides is 1. The molecule has 0 saturated carbocycles. The number of aliphatic hydroxyl groups is 1. The first kappa shape index (κ1) is 21.7. The highest BCUT2D eigenvalue weighted by molar-refractivity contribution is 5.82. The van der Waals surface area contributed by atoms with Crippen molar-refractivity contribution in [3.63, 3.8) is 0 Å². The third-order valence-electron chi connectivity index (χ3n) is 7.12. The second kappa shape index (κ2) is 9.00. The van der Waals surface area contributed by atoms with Crippen molar-refractivity contribution in [2.75, 3.05) is 26.8 Å². The smallest absolute Gasteiger partial charge is 0.227 e. The Morgan fingerprint density at radius 2 is 1.64 bits per heavy atom. The fourth-order valence-electron chi connectivity index (χ4n) is 5.79. The molecule has 170 valence electrons. The number of methoxy groups -OCH3 is 1. The molecular formula is C28H30N2O3. The van der Waals surface area contributed by atoms with Crippen molar-refractivity contribution in [1.82, 2.24) is 9.80 Å². The monoisotopic (exact) mass is 442 g/mol. The van der Waals surface area contributed by atoms with E-state index in [0.717, 1.165) is 30.9 Å². The van der Waals surface area contributed by atoms with E-state index in [4.69, 9.17) is 4.74 Å². The van der Waals surface area contributed by atoms with E-state index in [9.17, 15) is 9.90 Å². The van der Waals surface area contributed by atoms with Gasteiger partial charge in [0.2, 0.25) is 5.91 Å². The van der Waals surface area contributed by atoms with Crippen molar-refractivity contribution < 1.29 is 14.6 Å². The SMILES string of the molecule is COc1cccc(CN2CC3(C2)[C@H](c2ccccc2)[C@H](CO)N3C(=O)Cc2ccccc2)c1. The summed E-state index contributed by atoms with van der Waals surface area (Å²) in [5.74, 6) is 1.08. The topological polar surface area (TPSA) is 53.0 Å². The van der Waals surface area contributed by atoms with Crippen molar-refractivity contribution in [2.45, 2.75) is 30.5 Å².